The van der Waals surface area contributed by atoms with Crippen molar-refractivity contribution in [2.75, 3.05) is 19.6 Å². The summed E-state index contributed by atoms with van der Waals surface area (Å²) in [6.07, 6.45) is 1.41. The van der Waals surface area contributed by atoms with Gasteiger partial charge in [0, 0.05) is 18.7 Å². The highest BCUT2D eigenvalue weighted by molar-refractivity contribution is 5.96. The predicted octanol–water partition coefficient (Wildman–Crippen LogP) is 4.85. The van der Waals surface area contributed by atoms with Gasteiger partial charge in [0.1, 0.15) is 23.9 Å². The second kappa shape index (κ2) is 11.3. The molecule has 3 rings (SSSR count). The SMILES string of the molecule is CCCN(CC(=O)N(CCc1ccccc1)Cc1ccc(C)o1)C(=O)c1ccc(F)cc1. The highest BCUT2D eigenvalue weighted by Crippen LogP contribution is 2.13. The molecule has 0 saturated carbocycles. The van der Waals surface area contributed by atoms with Gasteiger partial charge in [0.2, 0.25) is 5.91 Å². The normalized spacial score (nSPS) is 10.7. The molecule has 0 saturated heterocycles. The van der Waals surface area contributed by atoms with Crippen LogP contribution in [-0.4, -0.2) is 41.2 Å². The molecule has 0 aliphatic heterocycles. The van der Waals surface area contributed by atoms with Crippen molar-refractivity contribution in [3.63, 3.8) is 0 Å². The summed E-state index contributed by atoms with van der Waals surface area (Å²) in [7, 11) is 0. The van der Waals surface area contributed by atoms with E-state index in [0.29, 0.717) is 43.8 Å². The third kappa shape index (κ3) is 6.54. The van der Waals surface area contributed by atoms with Crippen molar-refractivity contribution in [3.8, 4) is 0 Å². The zero-order chi connectivity index (χ0) is 22.9. The molecule has 1 aromatic heterocycles. The van der Waals surface area contributed by atoms with E-state index in [2.05, 4.69) is 0 Å². The first-order chi connectivity index (χ1) is 15.5. The zero-order valence-corrected chi connectivity index (χ0v) is 18.6. The number of hydrogen-bond acceptors (Lipinski definition) is 3. The molecule has 0 atom stereocenters. The first kappa shape index (κ1) is 23.3. The number of benzene rings is 2. The minimum atomic E-state index is -0.402. The maximum Gasteiger partial charge on any atom is 0.254 e. The molecule has 0 aliphatic rings. The molecule has 168 valence electrons. The van der Waals surface area contributed by atoms with Crippen LogP contribution in [0.25, 0.3) is 0 Å². The Kier molecular flexibility index (Phi) is 8.20. The van der Waals surface area contributed by atoms with E-state index in [1.807, 2.05) is 56.3 Å². The molecule has 6 heteroatoms. The summed E-state index contributed by atoms with van der Waals surface area (Å²) in [5.41, 5.74) is 1.50. The molecule has 2 aromatic carbocycles. The summed E-state index contributed by atoms with van der Waals surface area (Å²) in [4.78, 5) is 29.5. The molecule has 0 aliphatic carbocycles. The molecule has 0 unspecified atom stereocenters. The van der Waals surface area contributed by atoms with Crippen molar-refractivity contribution >= 4 is 11.8 Å². The highest BCUT2D eigenvalue weighted by Gasteiger charge is 2.23. The fraction of sp³-hybridized carbons (Fsp3) is 0.308. The summed E-state index contributed by atoms with van der Waals surface area (Å²) >= 11 is 0. The average molecular weight is 437 g/mol. The van der Waals surface area contributed by atoms with Crippen LogP contribution in [0, 0.1) is 12.7 Å². The number of rotatable bonds is 10. The Labute approximate surface area is 188 Å². The number of nitrogens with zero attached hydrogens (tertiary/aromatic N) is 2. The van der Waals surface area contributed by atoms with Gasteiger partial charge in [-0.3, -0.25) is 9.59 Å². The minimum absolute atomic E-state index is 0.0431. The van der Waals surface area contributed by atoms with E-state index in [-0.39, 0.29) is 18.4 Å². The van der Waals surface area contributed by atoms with Crippen molar-refractivity contribution in [1.82, 2.24) is 9.80 Å². The van der Waals surface area contributed by atoms with Gasteiger partial charge in [-0.05, 0) is 61.7 Å². The minimum Gasteiger partial charge on any atom is -0.464 e. The molecule has 0 radical (unpaired) electrons. The lowest BCUT2D eigenvalue weighted by atomic mass is 10.1. The Morgan fingerprint density at radius 3 is 2.25 bits per heavy atom. The maximum absolute atomic E-state index is 13.3. The van der Waals surface area contributed by atoms with Gasteiger partial charge in [-0.1, -0.05) is 37.3 Å². The number of halogens is 1. The predicted molar refractivity (Wildman–Crippen MR) is 122 cm³/mol. The van der Waals surface area contributed by atoms with Gasteiger partial charge in [-0.2, -0.15) is 0 Å². The lowest BCUT2D eigenvalue weighted by Crippen LogP contribution is -2.43. The third-order valence-corrected chi connectivity index (χ3v) is 5.21. The monoisotopic (exact) mass is 436 g/mol. The van der Waals surface area contributed by atoms with Crippen LogP contribution < -0.4 is 0 Å². The fourth-order valence-electron chi connectivity index (χ4n) is 3.52. The number of furan rings is 1. The number of amides is 2. The topological polar surface area (TPSA) is 53.8 Å². The number of carbonyl (C=O) groups excluding carboxylic acids is 2. The van der Waals surface area contributed by atoms with E-state index >= 15 is 0 Å². The van der Waals surface area contributed by atoms with Crippen LogP contribution in [0.15, 0.2) is 71.1 Å². The summed E-state index contributed by atoms with van der Waals surface area (Å²) in [6, 6.07) is 19.1. The van der Waals surface area contributed by atoms with Gasteiger partial charge in [0.05, 0.1) is 6.54 Å². The lowest BCUT2D eigenvalue weighted by molar-refractivity contribution is -0.132. The molecule has 1 heterocycles. The maximum atomic E-state index is 13.3. The van der Waals surface area contributed by atoms with Crippen LogP contribution in [0.2, 0.25) is 0 Å². The molecule has 0 N–H and O–H groups in total. The van der Waals surface area contributed by atoms with Gasteiger partial charge in [-0.15, -0.1) is 0 Å². The van der Waals surface area contributed by atoms with Crippen molar-refractivity contribution in [3.05, 3.63) is 95.2 Å². The van der Waals surface area contributed by atoms with Crippen molar-refractivity contribution in [2.45, 2.75) is 33.2 Å². The van der Waals surface area contributed by atoms with Crippen molar-refractivity contribution in [1.29, 1.82) is 0 Å². The molecule has 32 heavy (non-hydrogen) atoms. The first-order valence-electron chi connectivity index (χ1n) is 10.9. The van der Waals surface area contributed by atoms with Crippen LogP contribution in [-0.2, 0) is 17.8 Å². The Morgan fingerprint density at radius 1 is 0.906 bits per heavy atom. The number of aryl methyl sites for hydroxylation is 1. The fourth-order valence-corrected chi connectivity index (χ4v) is 3.52. The van der Waals surface area contributed by atoms with E-state index in [1.165, 1.54) is 29.2 Å². The smallest absolute Gasteiger partial charge is 0.254 e. The molecule has 0 bridgehead atoms. The van der Waals surface area contributed by atoms with Crippen LogP contribution in [0.5, 0.6) is 0 Å². The summed E-state index contributed by atoms with van der Waals surface area (Å²) < 4.78 is 18.9. The van der Waals surface area contributed by atoms with E-state index in [9.17, 15) is 14.0 Å². The zero-order valence-electron chi connectivity index (χ0n) is 18.6. The number of carbonyl (C=O) groups is 2. The number of hydrogen-bond donors (Lipinski definition) is 0. The van der Waals surface area contributed by atoms with Crippen LogP contribution in [0.3, 0.4) is 0 Å². The van der Waals surface area contributed by atoms with Gasteiger partial charge in [0.25, 0.3) is 5.91 Å². The second-order valence-electron chi connectivity index (χ2n) is 7.80. The Hall–Kier alpha value is -3.41. The summed E-state index contributed by atoms with van der Waals surface area (Å²) in [5.74, 6) is 0.654. The first-order valence-corrected chi connectivity index (χ1v) is 10.9. The average Bonchev–Trinajstić information content (AvgIpc) is 3.21. The lowest BCUT2D eigenvalue weighted by Gasteiger charge is -2.27. The Bertz CT molecular complexity index is 1020. The largest absolute Gasteiger partial charge is 0.464 e. The quantitative estimate of drug-likeness (QED) is 0.457. The van der Waals surface area contributed by atoms with Crippen LogP contribution in [0.1, 0.15) is 40.8 Å². The Morgan fingerprint density at radius 2 is 1.62 bits per heavy atom. The summed E-state index contributed by atoms with van der Waals surface area (Å²) in [5, 5.41) is 0. The van der Waals surface area contributed by atoms with Crippen molar-refractivity contribution in [2.24, 2.45) is 0 Å². The Balaban J connectivity index is 1.74. The van der Waals surface area contributed by atoms with Gasteiger partial charge in [0.15, 0.2) is 0 Å². The van der Waals surface area contributed by atoms with E-state index in [4.69, 9.17) is 4.42 Å². The highest BCUT2D eigenvalue weighted by atomic mass is 19.1. The molecule has 0 fully saturated rings. The van der Waals surface area contributed by atoms with E-state index < -0.39 is 5.82 Å². The molecule has 2 amide bonds. The third-order valence-electron chi connectivity index (χ3n) is 5.21. The molecule has 0 spiro atoms. The van der Waals surface area contributed by atoms with E-state index in [1.54, 1.807) is 4.90 Å². The molecular weight excluding hydrogens is 407 g/mol. The van der Waals surface area contributed by atoms with Crippen molar-refractivity contribution < 1.29 is 18.4 Å². The standard InChI is InChI=1S/C26H29FN2O3/c1-3-16-29(26(31)22-10-12-23(27)13-11-22)19-25(30)28(18-24-14-9-20(2)32-24)17-15-21-7-5-4-6-8-21/h4-14H,3,15-19H2,1-2H3. The summed E-state index contributed by atoms with van der Waals surface area (Å²) in [6.45, 7) is 5.06. The second-order valence-corrected chi connectivity index (χ2v) is 7.80. The van der Waals surface area contributed by atoms with Gasteiger partial charge in [-0.25, -0.2) is 4.39 Å². The molecule has 3 aromatic rings. The molecular formula is C26H29FN2O3. The van der Waals surface area contributed by atoms with Crippen LogP contribution in [0.4, 0.5) is 4.39 Å². The van der Waals surface area contributed by atoms with Gasteiger partial charge >= 0.3 is 0 Å². The van der Waals surface area contributed by atoms with E-state index in [0.717, 1.165) is 11.3 Å². The van der Waals surface area contributed by atoms with Crippen LogP contribution >= 0.6 is 0 Å². The van der Waals surface area contributed by atoms with Gasteiger partial charge < -0.3 is 14.2 Å². The molecule has 5 nitrogen and oxygen atoms in total.